The molecule has 2 aliphatic carbocycles. The van der Waals surface area contributed by atoms with E-state index in [0.717, 1.165) is 87.8 Å². The minimum Gasteiger partial charge on any atom is -0.475 e. The van der Waals surface area contributed by atoms with Crippen molar-refractivity contribution in [1.82, 2.24) is 34.2 Å². The second kappa shape index (κ2) is 42.1. The van der Waals surface area contributed by atoms with Crippen LogP contribution in [0.2, 0.25) is 0 Å². The number of H-pyrrole nitrogens is 2. The number of Topliss-reactive ketones (excluding diaryl/α,β-unsaturated/α-hetero) is 2. The third-order valence-corrected chi connectivity index (χ3v) is 22.0. The van der Waals surface area contributed by atoms with Crippen molar-refractivity contribution in [3.63, 3.8) is 0 Å². The number of nitrogens with one attached hydrogen (secondary N) is 3. The van der Waals surface area contributed by atoms with Crippen molar-refractivity contribution in [3.8, 4) is 0 Å². The molecule has 19 nitrogen and oxygen atoms in total. The highest BCUT2D eigenvalue weighted by Crippen LogP contribution is 2.40. The Balaban J connectivity index is 0.000000182. The van der Waals surface area contributed by atoms with Gasteiger partial charge in [0.1, 0.15) is 11.4 Å². The Bertz CT molecular complexity index is 5400. The number of aromatic amines is 2. The number of fused-ring (bicyclic) bond motifs is 8. The molecule has 29 heteroatoms. The molecule has 0 unspecified atom stereocenters. The summed E-state index contributed by atoms with van der Waals surface area (Å²) >= 11 is 0. The van der Waals surface area contributed by atoms with E-state index >= 15 is 17.3 Å². The van der Waals surface area contributed by atoms with Gasteiger partial charge >= 0.3 is 32.1 Å². The molecule has 0 saturated carbocycles. The Hall–Kier alpha value is -11.8. The van der Waals surface area contributed by atoms with Crippen LogP contribution < -0.4 is 11.1 Å². The fourth-order valence-electron chi connectivity index (χ4n) is 16.3. The number of nitrogens with two attached hydrogens (primary N) is 1. The van der Waals surface area contributed by atoms with Crippen molar-refractivity contribution in [2.45, 2.75) is 182 Å². The Morgan fingerprint density at radius 3 is 1.42 bits per heavy atom. The predicted octanol–water partition coefficient (Wildman–Crippen LogP) is 17.8. The molecule has 0 atom stereocenters. The van der Waals surface area contributed by atoms with Crippen LogP contribution in [-0.4, -0.2) is 155 Å². The number of alkyl halides is 4. The number of amides is 3. The minimum atomic E-state index is -5.08. The number of carbonyl (C=O) groups excluding carboxylic acids is 6. The number of ketones is 2. The number of hydroxylamine groups is 2. The van der Waals surface area contributed by atoms with Gasteiger partial charge in [0.15, 0.2) is 34.4 Å². The number of rotatable bonds is 25. The van der Waals surface area contributed by atoms with Crippen molar-refractivity contribution < 1.29 is 88.7 Å². The Morgan fingerprint density at radius 1 is 0.590 bits per heavy atom. The third-order valence-electron chi connectivity index (χ3n) is 22.0. The normalized spacial score (nSPS) is 16.1. The van der Waals surface area contributed by atoms with Crippen molar-refractivity contribution in [1.29, 1.82) is 0 Å². The molecular weight excluding hydrogens is 1570 g/mol. The SMILES string of the molecule is CCC/C=C1\c2ccccc2CCc2cc(C(=O)CCCN)ccc21.CCC/C=C1\c2ccccc2CCc2cc(C(=O)CCCNC(=O)CCc3ccc4n3[B-](F)(F)[N+]3=C(c5ccc[nH]5)C=CC3=C4)ccc21.CCN(C(C)C)C(C)C.O=C(CCc1ccc2n1[B-](F)(F)[N+]1=C(c3ccc[nH]3)C=CC1=C2)ON1C(=O)CCC1=O.O=C(O)C(F)(F)F.[2H]CF. The van der Waals surface area contributed by atoms with Crippen molar-refractivity contribution in [2.24, 2.45) is 5.73 Å². The molecule has 0 spiro atoms. The first-order chi connectivity index (χ1) is 58.9. The van der Waals surface area contributed by atoms with E-state index in [1.807, 2.05) is 18.2 Å². The van der Waals surface area contributed by atoms with Gasteiger partial charge < -0.3 is 66.2 Å². The molecule has 5 aliphatic heterocycles. The number of halogens is 8. The minimum absolute atomic E-state index is 0.00868. The summed E-state index contributed by atoms with van der Waals surface area (Å²) in [5.74, 6) is -4.72. The second-order valence-corrected chi connectivity index (χ2v) is 30.8. The number of benzene rings is 4. The van der Waals surface area contributed by atoms with E-state index < -0.39 is 51.0 Å². The summed E-state index contributed by atoms with van der Waals surface area (Å²) in [7, 11) is -1.00. The lowest BCUT2D eigenvalue weighted by atomic mass is 9.90. The number of unbranched alkanes of at least 4 members (excludes halogenated alkanes) is 2. The third kappa shape index (κ3) is 21.9. The molecule has 644 valence electrons. The first-order valence-corrected chi connectivity index (χ1v) is 41.6. The maximum Gasteiger partial charge on any atom is 0.737 e. The van der Waals surface area contributed by atoms with Crippen LogP contribution in [0.5, 0.6) is 0 Å². The lowest BCUT2D eigenvalue weighted by Gasteiger charge is -2.30. The van der Waals surface area contributed by atoms with Crippen LogP contribution in [0.15, 0.2) is 194 Å². The van der Waals surface area contributed by atoms with Gasteiger partial charge in [-0.15, -0.1) is 5.06 Å². The lowest BCUT2D eigenvalue weighted by molar-refractivity contribution is -0.361. The van der Waals surface area contributed by atoms with Crippen LogP contribution >= 0.6 is 0 Å². The quantitative estimate of drug-likeness (QED) is 0.0118. The molecule has 1 saturated heterocycles. The van der Waals surface area contributed by atoms with Crippen LogP contribution in [0.1, 0.15) is 226 Å². The van der Waals surface area contributed by atoms with E-state index in [1.54, 1.807) is 97.4 Å². The van der Waals surface area contributed by atoms with Crippen molar-refractivity contribution in [3.05, 3.63) is 284 Å². The monoisotopic (exact) mass is 1680 g/mol. The standard InChI is InChI=1S/C39H39BF2N4O2.C23H27NO.C20H17BF2N4O4.C8H19N.C2HF3O2.CH3F/c1-2-3-9-35-33-10-5-4-8-27(33)13-14-28-25-29(15-20-34(28)35)38(47)12-7-24-44-39(48)22-19-30-16-17-31-26-32-18-21-37(36-11-6-23-43-36)46(32)40(41,42)45(30)31;1-2-3-8-22-20-9-5-4-7-17(20)11-12-18-16-19(13-14-21(18)22)23(25)10-6-15-24;22-21(23)25-13(6-10-20(30)31-27-18(28)8-9-19(27)29)3-4-14(25)12-15-5-7-17(26(15)21)16-2-1-11-24-16;1-6-9(7(2)3)8(4)5;3-2(4,5)1(6)7;1-2/h4-6,8-11,15-18,20-21,23,25-26,43H,2-3,7,12-14,19,22,24H2,1H3,(H,44,48);4-5,7-9,13-14,16H,2-3,6,10-12,15,24H2,1H3;1-5,7,11-12,24H,6,8-10H2;7-8H,6H2,1-5H3;(H,6,7);1H3/b35-9+;22-8+;;;;/i;;;;;1D. The van der Waals surface area contributed by atoms with Gasteiger partial charge in [-0.25, -0.2) is 9.59 Å². The maximum absolute atomic E-state index is 16.0. The summed E-state index contributed by atoms with van der Waals surface area (Å²) in [6, 6.07) is 44.5. The van der Waals surface area contributed by atoms with E-state index in [2.05, 4.69) is 148 Å². The summed E-state index contributed by atoms with van der Waals surface area (Å²) in [6.45, 7) is 9.26. The number of hydrogen-bond acceptors (Lipinski definition) is 10. The second-order valence-electron chi connectivity index (χ2n) is 30.8. The average Bonchev–Trinajstić information content (AvgIpc) is 1.58. The highest BCUT2D eigenvalue weighted by atomic mass is 19.4. The van der Waals surface area contributed by atoms with E-state index in [9.17, 15) is 46.3 Å². The van der Waals surface area contributed by atoms with Crippen LogP contribution in [0.3, 0.4) is 0 Å². The molecule has 4 aromatic carbocycles. The Labute approximate surface area is 707 Å². The molecule has 4 aromatic heterocycles. The molecule has 0 bridgehead atoms. The predicted molar refractivity (Wildman–Crippen MR) is 461 cm³/mol. The number of aromatic nitrogens is 4. The summed E-state index contributed by atoms with van der Waals surface area (Å²) in [6.07, 6.45) is 23.2. The molecule has 6 N–H and O–H groups in total. The molecule has 9 heterocycles. The van der Waals surface area contributed by atoms with Gasteiger partial charge in [-0.2, -0.15) is 13.2 Å². The lowest BCUT2D eigenvalue weighted by Crippen LogP contribution is -2.51. The number of carboxylic acids is 1. The van der Waals surface area contributed by atoms with Gasteiger partial charge in [0.05, 0.1) is 14.9 Å². The zero-order valence-corrected chi connectivity index (χ0v) is 69.8. The zero-order chi connectivity index (χ0) is 88.9. The smallest absolute Gasteiger partial charge is 0.475 e. The number of imide groups is 1. The largest absolute Gasteiger partial charge is 0.737 e. The highest BCUT2D eigenvalue weighted by molar-refractivity contribution is 6.59. The van der Waals surface area contributed by atoms with Gasteiger partial charge in [0.25, 0.3) is 11.8 Å². The van der Waals surface area contributed by atoms with Gasteiger partial charge in [0, 0.05) is 122 Å². The van der Waals surface area contributed by atoms with E-state index in [1.165, 1.54) is 55.7 Å². The fraction of sp³-hybridized carbons (Fsp3) is 0.344. The average molecular weight is 1680 g/mol. The number of allylic oxidation sites excluding steroid dienone is 6. The molecule has 7 aliphatic rings. The number of hydrogen-bond donors (Lipinski definition) is 5. The van der Waals surface area contributed by atoms with E-state index in [4.69, 9.17) is 21.8 Å². The maximum atomic E-state index is 16.0. The zero-order valence-electron chi connectivity index (χ0n) is 70.8. The number of carboxylic acid groups (broad SMARTS) is 1. The summed E-state index contributed by atoms with van der Waals surface area (Å²) in [4.78, 5) is 95.7. The van der Waals surface area contributed by atoms with Crippen molar-refractivity contribution in [2.75, 3.05) is 26.8 Å². The molecule has 8 aromatic rings. The summed E-state index contributed by atoms with van der Waals surface area (Å²) in [5, 5.41) is 10.5. The van der Waals surface area contributed by atoms with Crippen LogP contribution in [0.25, 0.3) is 23.3 Å². The van der Waals surface area contributed by atoms with Gasteiger partial charge in [0.2, 0.25) is 5.91 Å². The van der Waals surface area contributed by atoms with Gasteiger partial charge in [-0.05, 0) is 233 Å². The number of aryl methyl sites for hydroxylation is 6. The van der Waals surface area contributed by atoms with E-state index in [-0.39, 0.29) is 61.7 Å². The molecular formula is C93H106B2F8N10O9. The van der Waals surface area contributed by atoms with Gasteiger partial charge in [-0.1, -0.05) is 119 Å². The first-order valence-electron chi connectivity index (χ1n) is 42.3. The number of carbonyl (C=O) groups is 7. The Kier molecular flexibility index (Phi) is 31.4. The summed E-state index contributed by atoms with van der Waals surface area (Å²) in [5.41, 5.74) is 24.2. The van der Waals surface area contributed by atoms with Gasteiger partial charge in [-0.3, -0.25) is 33.3 Å². The van der Waals surface area contributed by atoms with Crippen LogP contribution in [-0.2, 0) is 67.3 Å². The summed E-state index contributed by atoms with van der Waals surface area (Å²) < 4.78 is 115. The van der Waals surface area contributed by atoms with Crippen molar-refractivity contribution >= 4 is 89.9 Å². The molecule has 0 radical (unpaired) electrons. The fourth-order valence-corrected chi connectivity index (χ4v) is 16.3. The molecule has 122 heavy (non-hydrogen) atoms. The number of nitrogens with zero attached hydrogens (tertiary/aromatic N) is 6. The van der Waals surface area contributed by atoms with E-state index in [0.29, 0.717) is 106 Å². The first kappa shape index (κ1) is 90.9. The molecule has 1 fully saturated rings. The molecule has 15 rings (SSSR count). The Morgan fingerprint density at radius 2 is 1.02 bits per heavy atom. The highest BCUT2D eigenvalue weighted by Gasteiger charge is 2.54. The number of aliphatic carboxylic acids is 1. The van der Waals surface area contributed by atoms with Crippen LogP contribution in [0.4, 0.5) is 34.8 Å². The van der Waals surface area contributed by atoms with Crippen LogP contribution in [0, 0.1) is 0 Å². The topological polar surface area (TPSA) is 241 Å². The molecule has 3 amide bonds.